The first-order valence-corrected chi connectivity index (χ1v) is 2.26. The molecule has 52 valence electrons. The lowest BCUT2D eigenvalue weighted by atomic mass is 10.7. The highest BCUT2D eigenvalue weighted by atomic mass is 19.4. The third-order valence-corrected chi connectivity index (χ3v) is 0.801. The summed E-state index contributed by atoms with van der Waals surface area (Å²) < 4.78 is 34.5. The van der Waals surface area contributed by atoms with Gasteiger partial charge < -0.3 is 0 Å². The standard InChI is InChI=1S/C4H4F3NO/c5-4(6,7)8-2-1-3-9-8/h1-2H,3H2. The molecular weight excluding hydrogens is 135 g/mol. The van der Waals surface area contributed by atoms with Crippen LogP contribution in [-0.2, 0) is 4.84 Å². The molecule has 9 heavy (non-hydrogen) atoms. The van der Waals surface area contributed by atoms with Crippen molar-refractivity contribution >= 4 is 0 Å². The molecule has 0 spiro atoms. The number of hydrogen-bond acceptors (Lipinski definition) is 2. The van der Waals surface area contributed by atoms with E-state index in [4.69, 9.17) is 0 Å². The van der Waals surface area contributed by atoms with Gasteiger partial charge in [-0.1, -0.05) is 0 Å². The summed E-state index contributed by atoms with van der Waals surface area (Å²) in [5.41, 5.74) is 0. The van der Waals surface area contributed by atoms with E-state index in [1.54, 1.807) is 0 Å². The predicted molar refractivity (Wildman–Crippen MR) is 23.0 cm³/mol. The lowest BCUT2D eigenvalue weighted by molar-refractivity contribution is -0.337. The number of halogens is 3. The number of hydrogen-bond donors (Lipinski definition) is 0. The first-order chi connectivity index (χ1) is 4.11. The minimum Gasteiger partial charge on any atom is -0.262 e. The van der Waals surface area contributed by atoms with Crippen molar-refractivity contribution in [1.29, 1.82) is 0 Å². The average molecular weight is 139 g/mol. The van der Waals surface area contributed by atoms with Crippen LogP contribution in [0.2, 0.25) is 0 Å². The van der Waals surface area contributed by atoms with Crippen LogP contribution in [0.25, 0.3) is 0 Å². The average Bonchev–Trinajstić information content (AvgIpc) is 2.08. The highest BCUT2D eigenvalue weighted by molar-refractivity contribution is 4.84. The normalized spacial score (nSPS) is 19.2. The summed E-state index contributed by atoms with van der Waals surface area (Å²) in [6, 6.07) is 0. The summed E-state index contributed by atoms with van der Waals surface area (Å²) >= 11 is 0. The zero-order valence-corrected chi connectivity index (χ0v) is 4.35. The Bertz CT molecular complexity index is 130. The topological polar surface area (TPSA) is 12.5 Å². The molecule has 1 aliphatic heterocycles. The Labute approximate surface area is 49.5 Å². The second-order valence-electron chi connectivity index (χ2n) is 1.47. The molecule has 1 rings (SSSR count). The molecule has 0 aromatic heterocycles. The Kier molecular flexibility index (Phi) is 1.36. The van der Waals surface area contributed by atoms with Gasteiger partial charge in [-0.25, -0.2) is 0 Å². The van der Waals surface area contributed by atoms with Gasteiger partial charge in [0.2, 0.25) is 0 Å². The minimum absolute atomic E-state index is 0.000486. The van der Waals surface area contributed by atoms with Crippen molar-refractivity contribution in [2.24, 2.45) is 0 Å². The SMILES string of the molecule is FC(F)(F)N1C=CCO1. The van der Waals surface area contributed by atoms with Crippen molar-refractivity contribution in [2.45, 2.75) is 6.30 Å². The van der Waals surface area contributed by atoms with Crippen LogP contribution in [0.5, 0.6) is 0 Å². The summed E-state index contributed by atoms with van der Waals surface area (Å²) in [6.07, 6.45) is -2.26. The van der Waals surface area contributed by atoms with Gasteiger partial charge in [-0.05, 0) is 6.08 Å². The summed E-state index contributed by atoms with van der Waals surface area (Å²) in [5, 5.41) is -0.132. The van der Waals surface area contributed by atoms with Crippen molar-refractivity contribution in [3.63, 3.8) is 0 Å². The predicted octanol–water partition coefficient (Wildman–Crippen LogP) is 1.27. The maximum Gasteiger partial charge on any atom is 0.507 e. The molecule has 1 aliphatic rings. The third-order valence-electron chi connectivity index (χ3n) is 0.801. The number of hydroxylamine groups is 2. The smallest absolute Gasteiger partial charge is 0.262 e. The fraction of sp³-hybridized carbons (Fsp3) is 0.500. The van der Waals surface area contributed by atoms with Crippen molar-refractivity contribution in [3.8, 4) is 0 Å². The second kappa shape index (κ2) is 1.91. The summed E-state index contributed by atoms with van der Waals surface area (Å²) in [4.78, 5) is 4.11. The van der Waals surface area contributed by atoms with Gasteiger partial charge in [-0.3, -0.25) is 4.84 Å². The lowest BCUT2D eigenvalue weighted by Crippen LogP contribution is -2.30. The zero-order valence-electron chi connectivity index (χ0n) is 4.35. The molecule has 0 fully saturated rings. The molecule has 2 nitrogen and oxygen atoms in total. The van der Waals surface area contributed by atoms with Crippen LogP contribution in [0.1, 0.15) is 0 Å². The maximum absolute atomic E-state index is 11.5. The van der Waals surface area contributed by atoms with E-state index in [0.717, 1.165) is 6.20 Å². The Morgan fingerprint density at radius 1 is 1.44 bits per heavy atom. The molecule has 0 aliphatic carbocycles. The van der Waals surface area contributed by atoms with Crippen molar-refractivity contribution in [2.75, 3.05) is 6.61 Å². The van der Waals surface area contributed by atoms with Gasteiger partial charge in [0, 0.05) is 6.20 Å². The quantitative estimate of drug-likeness (QED) is 0.468. The molecule has 0 aromatic carbocycles. The summed E-state index contributed by atoms with van der Waals surface area (Å²) in [5.74, 6) is 0. The van der Waals surface area contributed by atoms with Gasteiger partial charge >= 0.3 is 6.30 Å². The lowest BCUT2D eigenvalue weighted by Gasteiger charge is -2.16. The first kappa shape index (κ1) is 6.41. The molecular formula is C4H4F3NO. The van der Waals surface area contributed by atoms with E-state index in [2.05, 4.69) is 4.84 Å². The molecule has 0 unspecified atom stereocenters. The van der Waals surface area contributed by atoms with Crippen LogP contribution in [0, 0.1) is 0 Å². The molecule has 0 atom stereocenters. The fourth-order valence-corrected chi connectivity index (χ4v) is 0.463. The zero-order chi connectivity index (χ0) is 6.91. The van der Waals surface area contributed by atoms with Gasteiger partial charge in [0.05, 0.1) is 6.61 Å². The van der Waals surface area contributed by atoms with Crippen LogP contribution in [-0.4, -0.2) is 18.0 Å². The highest BCUT2D eigenvalue weighted by Crippen LogP contribution is 2.23. The number of rotatable bonds is 0. The Morgan fingerprint density at radius 2 is 2.11 bits per heavy atom. The first-order valence-electron chi connectivity index (χ1n) is 2.26. The molecule has 0 N–H and O–H groups in total. The van der Waals surface area contributed by atoms with Gasteiger partial charge in [-0.15, -0.1) is 13.2 Å². The molecule has 0 bridgehead atoms. The number of alkyl halides is 3. The largest absolute Gasteiger partial charge is 0.507 e. The van der Waals surface area contributed by atoms with Crippen molar-refractivity contribution in [1.82, 2.24) is 5.06 Å². The summed E-state index contributed by atoms with van der Waals surface area (Å²) in [7, 11) is 0. The molecule has 0 amide bonds. The monoisotopic (exact) mass is 139 g/mol. The molecule has 0 saturated carbocycles. The van der Waals surface area contributed by atoms with E-state index in [1.807, 2.05) is 0 Å². The molecule has 0 radical (unpaired) electrons. The van der Waals surface area contributed by atoms with E-state index in [1.165, 1.54) is 6.08 Å². The van der Waals surface area contributed by atoms with E-state index >= 15 is 0 Å². The van der Waals surface area contributed by atoms with Crippen LogP contribution in [0.4, 0.5) is 13.2 Å². The third kappa shape index (κ3) is 1.35. The van der Waals surface area contributed by atoms with Gasteiger partial charge in [0.25, 0.3) is 0 Å². The summed E-state index contributed by atoms with van der Waals surface area (Å²) in [6.45, 7) is -0.000486. The van der Waals surface area contributed by atoms with E-state index < -0.39 is 6.30 Å². The Balaban J connectivity index is 2.53. The maximum atomic E-state index is 11.5. The fourth-order valence-electron chi connectivity index (χ4n) is 0.463. The molecule has 1 heterocycles. The van der Waals surface area contributed by atoms with Crippen molar-refractivity contribution in [3.05, 3.63) is 12.3 Å². The Morgan fingerprint density at radius 3 is 2.33 bits per heavy atom. The number of nitrogens with zero attached hydrogens (tertiary/aromatic N) is 1. The van der Waals surface area contributed by atoms with Gasteiger partial charge in [0.15, 0.2) is 0 Å². The van der Waals surface area contributed by atoms with Gasteiger partial charge in [0.1, 0.15) is 0 Å². The Hall–Kier alpha value is -0.710. The van der Waals surface area contributed by atoms with E-state index in [0.29, 0.717) is 0 Å². The van der Waals surface area contributed by atoms with Crippen molar-refractivity contribution < 1.29 is 18.0 Å². The van der Waals surface area contributed by atoms with Crippen LogP contribution < -0.4 is 0 Å². The van der Waals surface area contributed by atoms with E-state index in [-0.39, 0.29) is 11.7 Å². The van der Waals surface area contributed by atoms with Gasteiger partial charge in [-0.2, -0.15) is 5.06 Å². The second-order valence-corrected chi connectivity index (χ2v) is 1.47. The van der Waals surface area contributed by atoms with Crippen LogP contribution >= 0.6 is 0 Å². The molecule has 0 saturated heterocycles. The molecule has 5 heteroatoms. The van der Waals surface area contributed by atoms with Crippen LogP contribution in [0.15, 0.2) is 12.3 Å². The van der Waals surface area contributed by atoms with E-state index in [9.17, 15) is 13.2 Å². The highest BCUT2D eigenvalue weighted by Gasteiger charge is 2.37. The van der Waals surface area contributed by atoms with Crippen LogP contribution in [0.3, 0.4) is 0 Å². The molecule has 0 aromatic rings. The minimum atomic E-state index is -4.40.